The molecule has 0 aromatic heterocycles. The second-order valence-corrected chi connectivity index (χ2v) is 8.82. The normalized spacial score (nSPS) is 24.5. The lowest BCUT2D eigenvalue weighted by Crippen LogP contribution is -2.67. The fourth-order valence-electron chi connectivity index (χ4n) is 4.49. The molecule has 3 rings (SSSR count). The maximum atomic E-state index is 13.7. The van der Waals surface area contributed by atoms with E-state index in [0.717, 1.165) is 4.90 Å². The Morgan fingerprint density at radius 2 is 1.85 bits per heavy atom. The maximum absolute atomic E-state index is 13.7. The van der Waals surface area contributed by atoms with Gasteiger partial charge in [-0.3, -0.25) is 33.7 Å². The Morgan fingerprint density at radius 3 is 2.47 bits per heavy atom. The molecule has 1 aromatic rings. The Hall–Kier alpha value is -3.40. The summed E-state index contributed by atoms with van der Waals surface area (Å²) in [5.41, 5.74) is 4.06. The van der Waals surface area contributed by atoms with Crippen LogP contribution in [-0.4, -0.2) is 75.7 Å². The van der Waals surface area contributed by atoms with Gasteiger partial charge in [0.1, 0.15) is 12.1 Å². The van der Waals surface area contributed by atoms with Crippen LogP contribution in [0.4, 0.5) is 0 Å². The van der Waals surface area contributed by atoms with Gasteiger partial charge in [0.15, 0.2) is 11.3 Å². The number of amides is 4. The van der Waals surface area contributed by atoms with Crippen LogP contribution in [-0.2, 0) is 35.2 Å². The summed E-state index contributed by atoms with van der Waals surface area (Å²) < 4.78 is 0. The molecule has 2 saturated heterocycles. The number of nitrogens with two attached hydrogens (primary N) is 1. The Labute approximate surface area is 197 Å². The number of benzene rings is 1. The van der Waals surface area contributed by atoms with Crippen molar-refractivity contribution in [2.45, 2.75) is 69.6 Å². The highest BCUT2D eigenvalue weighted by molar-refractivity contribution is 6.16. The lowest BCUT2D eigenvalue weighted by molar-refractivity contribution is -0.162. The molecule has 1 radical (unpaired) electrons. The van der Waals surface area contributed by atoms with Crippen LogP contribution in [0.2, 0.25) is 0 Å². The van der Waals surface area contributed by atoms with Gasteiger partial charge in [0.05, 0.1) is 6.04 Å². The quantitative estimate of drug-likeness (QED) is 0.409. The summed E-state index contributed by atoms with van der Waals surface area (Å²) in [6.07, 6.45) is 1.91. The molecule has 181 valence electrons. The van der Waals surface area contributed by atoms with E-state index in [2.05, 4.69) is 5.32 Å². The van der Waals surface area contributed by atoms with Gasteiger partial charge in [0, 0.05) is 25.8 Å². The summed E-state index contributed by atoms with van der Waals surface area (Å²) in [7, 11) is 0. The molecule has 0 saturated carbocycles. The third-order valence-corrected chi connectivity index (χ3v) is 6.31. The summed E-state index contributed by atoms with van der Waals surface area (Å²) >= 11 is 0. The number of carbonyl (C=O) groups excluding carboxylic acids is 6. The van der Waals surface area contributed by atoms with E-state index < -0.39 is 53.1 Å². The molecule has 2 aliphatic heterocycles. The number of piperidine rings is 1. The van der Waals surface area contributed by atoms with Crippen LogP contribution in [0.25, 0.3) is 0 Å². The zero-order valence-corrected chi connectivity index (χ0v) is 19.3. The van der Waals surface area contributed by atoms with E-state index in [0.29, 0.717) is 12.0 Å². The molecule has 4 amide bonds. The molecule has 0 unspecified atom stereocenters. The Balaban J connectivity index is 1.90. The Kier molecular flexibility index (Phi) is 7.61. The Bertz CT molecular complexity index is 994. The number of rotatable bonds is 7. The third-order valence-electron chi connectivity index (χ3n) is 6.31. The topological polar surface area (TPSA) is 147 Å². The fraction of sp³-hybridized carbons (Fsp3) is 0.500. The van der Waals surface area contributed by atoms with Gasteiger partial charge in [-0.05, 0) is 32.3 Å². The molecule has 0 aliphatic carbocycles. The van der Waals surface area contributed by atoms with Crippen LogP contribution in [0.5, 0.6) is 0 Å². The molecule has 34 heavy (non-hydrogen) atoms. The lowest BCUT2D eigenvalue weighted by Gasteiger charge is -2.42. The first-order valence-electron chi connectivity index (χ1n) is 11.3. The highest BCUT2D eigenvalue weighted by atomic mass is 16.2. The lowest BCUT2D eigenvalue weighted by atomic mass is 9.80. The molecule has 3 N–H and O–H groups in total. The minimum Gasteiger partial charge on any atom is -0.343 e. The molecule has 2 fully saturated rings. The second-order valence-electron chi connectivity index (χ2n) is 8.82. The molecule has 10 nitrogen and oxygen atoms in total. The Morgan fingerprint density at radius 1 is 1.18 bits per heavy atom. The molecule has 4 atom stereocenters. The van der Waals surface area contributed by atoms with Crippen molar-refractivity contribution in [1.82, 2.24) is 15.1 Å². The van der Waals surface area contributed by atoms with E-state index in [1.807, 2.05) is 0 Å². The molecule has 2 aliphatic rings. The van der Waals surface area contributed by atoms with Gasteiger partial charge >= 0.3 is 0 Å². The first-order chi connectivity index (χ1) is 16.1. The number of nitrogens with one attached hydrogen (secondary N) is 1. The molecule has 2 heterocycles. The number of hydrogen-bond donors (Lipinski definition) is 2. The molecular weight excluding hydrogens is 440 g/mol. The summed E-state index contributed by atoms with van der Waals surface area (Å²) in [6, 6.07) is 5.81. The van der Waals surface area contributed by atoms with Crippen LogP contribution < -0.4 is 11.1 Å². The van der Waals surface area contributed by atoms with Gasteiger partial charge in [-0.15, -0.1) is 0 Å². The maximum Gasteiger partial charge on any atom is 0.253 e. The largest absolute Gasteiger partial charge is 0.343 e. The summed E-state index contributed by atoms with van der Waals surface area (Å²) in [4.78, 5) is 78.8. The zero-order valence-electron chi connectivity index (χ0n) is 19.3. The predicted molar refractivity (Wildman–Crippen MR) is 121 cm³/mol. The van der Waals surface area contributed by atoms with Gasteiger partial charge in [-0.2, -0.15) is 0 Å². The fourth-order valence-corrected chi connectivity index (χ4v) is 4.49. The monoisotopic (exact) mass is 469 g/mol. The van der Waals surface area contributed by atoms with Gasteiger partial charge in [0.2, 0.25) is 24.0 Å². The van der Waals surface area contributed by atoms with E-state index in [4.69, 9.17) is 5.73 Å². The van der Waals surface area contributed by atoms with Crippen LogP contribution >= 0.6 is 0 Å². The van der Waals surface area contributed by atoms with Crippen LogP contribution in [0, 0.1) is 0 Å². The van der Waals surface area contributed by atoms with Crippen LogP contribution in [0.3, 0.4) is 0 Å². The average Bonchev–Trinajstić information content (AvgIpc) is 3.31. The van der Waals surface area contributed by atoms with Crippen molar-refractivity contribution in [3.8, 4) is 0 Å². The van der Waals surface area contributed by atoms with Crippen molar-refractivity contribution >= 4 is 35.7 Å². The third kappa shape index (κ3) is 4.77. The predicted octanol–water partition coefficient (Wildman–Crippen LogP) is -0.361. The molecule has 10 heteroatoms. The van der Waals surface area contributed by atoms with E-state index in [1.54, 1.807) is 36.6 Å². The first-order valence-corrected chi connectivity index (χ1v) is 11.3. The number of imide groups is 1. The van der Waals surface area contributed by atoms with Gasteiger partial charge in [-0.25, -0.2) is 0 Å². The second kappa shape index (κ2) is 10.3. The number of nitrogens with zero attached hydrogens (tertiary/aromatic N) is 2. The highest BCUT2D eigenvalue weighted by Crippen LogP contribution is 2.32. The van der Waals surface area contributed by atoms with Crippen molar-refractivity contribution in [1.29, 1.82) is 0 Å². The smallest absolute Gasteiger partial charge is 0.253 e. The highest BCUT2D eigenvalue weighted by Gasteiger charge is 2.55. The molecule has 1 aromatic carbocycles. The van der Waals surface area contributed by atoms with Crippen molar-refractivity contribution in [2.75, 3.05) is 6.54 Å². The number of ketones is 1. The molecule has 0 bridgehead atoms. The van der Waals surface area contributed by atoms with Crippen molar-refractivity contribution in [3.05, 3.63) is 35.9 Å². The molecular formula is C24H29N4O6. The average molecular weight is 470 g/mol. The van der Waals surface area contributed by atoms with Gasteiger partial charge in [-0.1, -0.05) is 30.3 Å². The van der Waals surface area contributed by atoms with Gasteiger partial charge < -0.3 is 16.0 Å². The van der Waals surface area contributed by atoms with Gasteiger partial charge in [0.25, 0.3) is 5.91 Å². The first kappa shape index (κ1) is 25.2. The minimum atomic E-state index is -2.08. The summed E-state index contributed by atoms with van der Waals surface area (Å²) in [6.45, 7) is 3.20. The SMILES string of the molecule is C[C@H](N)C(=O)N[C@@H](C)C(=O)N1CCC[C@H]1C(=O)N1C(=O)CCC(=O)[C@@]1([C]=O)Cc1ccccc1. The molecule has 0 spiro atoms. The zero-order chi connectivity index (χ0) is 25.0. The number of likely N-dealkylation sites (tertiary alicyclic amines) is 2. The summed E-state index contributed by atoms with van der Waals surface area (Å²) in [5, 5.41) is 2.51. The van der Waals surface area contributed by atoms with Crippen LogP contribution in [0.1, 0.15) is 45.1 Å². The number of hydrogen-bond acceptors (Lipinski definition) is 7. The van der Waals surface area contributed by atoms with E-state index >= 15 is 0 Å². The number of carbonyl (C=O) groups is 5. The van der Waals surface area contributed by atoms with E-state index in [1.165, 1.54) is 18.7 Å². The van der Waals surface area contributed by atoms with Crippen molar-refractivity contribution in [3.63, 3.8) is 0 Å². The standard InChI is InChI=1S/C24H29N4O6/c1-15(25)21(32)26-16(2)22(33)27-12-6-9-18(27)23(34)28-20(31)11-10-19(30)24(28,14-29)13-17-7-4-3-5-8-17/h3-5,7-8,15-16,18H,6,9-13,25H2,1-2H3,(H,26,32)/t15-,16-,18-,24-/m0/s1. The summed E-state index contributed by atoms with van der Waals surface area (Å²) in [5.74, 6) is -3.02. The van der Waals surface area contributed by atoms with E-state index in [-0.39, 0.29) is 32.2 Å². The number of Topliss-reactive ketones (excluding diaryl/α,β-unsaturated/α-hetero) is 1. The van der Waals surface area contributed by atoms with Crippen molar-refractivity contribution < 1.29 is 28.8 Å². The van der Waals surface area contributed by atoms with Crippen LogP contribution in [0.15, 0.2) is 30.3 Å². The van der Waals surface area contributed by atoms with Crippen molar-refractivity contribution in [2.24, 2.45) is 5.73 Å². The minimum absolute atomic E-state index is 0.168. The van der Waals surface area contributed by atoms with E-state index in [9.17, 15) is 28.8 Å².